The third-order valence-electron chi connectivity index (χ3n) is 5.41. The zero-order valence-corrected chi connectivity index (χ0v) is 16.7. The van der Waals surface area contributed by atoms with Crippen molar-refractivity contribution in [1.82, 2.24) is 13.5 Å². The molecule has 1 atom stereocenters. The lowest BCUT2D eigenvalue weighted by molar-refractivity contribution is -0.143. The van der Waals surface area contributed by atoms with Crippen LogP contribution < -0.4 is 0 Å². The van der Waals surface area contributed by atoms with Crippen molar-refractivity contribution in [1.29, 1.82) is 0 Å². The predicted molar refractivity (Wildman–Crippen MR) is 104 cm³/mol. The van der Waals surface area contributed by atoms with Crippen LogP contribution in [-0.2, 0) is 15.0 Å². The summed E-state index contributed by atoms with van der Waals surface area (Å²) in [5, 5.41) is 9.81. The minimum Gasteiger partial charge on any atom is -0.480 e. The van der Waals surface area contributed by atoms with E-state index in [1.165, 1.54) is 4.31 Å². The van der Waals surface area contributed by atoms with E-state index >= 15 is 0 Å². The average Bonchev–Trinajstić information content (AvgIpc) is 2.89. The second-order valence-electron chi connectivity index (χ2n) is 7.41. The van der Waals surface area contributed by atoms with Crippen LogP contribution in [0.1, 0.15) is 42.9 Å². The number of hydrogen-bond acceptors (Lipinski definition) is 4. The zero-order valence-electron chi connectivity index (χ0n) is 15.9. The molecule has 1 unspecified atom stereocenters. The molecule has 0 radical (unpaired) electrons. The highest BCUT2D eigenvalue weighted by Gasteiger charge is 2.34. The molecule has 0 saturated carbocycles. The lowest BCUT2D eigenvalue weighted by Crippen LogP contribution is -2.47. The highest BCUT2D eigenvalue weighted by atomic mass is 32.2. The summed E-state index contributed by atoms with van der Waals surface area (Å²) in [5.41, 5.74) is 1.76. The molecule has 0 spiro atoms. The SMILES string of the molecule is Cc1cccc(C(C(=O)O)N2CCCN(S(=O)(=O)N3CCCCC3)CC2)c1. The van der Waals surface area contributed by atoms with Crippen molar-refractivity contribution in [2.24, 2.45) is 0 Å². The summed E-state index contributed by atoms with van der Waals surface area (Å²) in [5.74, 6) is -0.895. The monoisotopic (exact) mass is 395 g/mol. The number of aliphatic carboxylic acids is 1. The molecular formula is C19H29N3O4S. The Morgan fingerprint density at radius 3 is 2.30 bits per heavy atom. The van der Waals surface area contributed by atoms with Crippen molar-refractivity contribution in [3.63, 3.8) is 0 Å². The fourth-order valence-electron chi connectivity index (χ4n) is 4.01. The largest absolute Gasteiger partial charge is 0.480 e. The number of aryl methyl sites for hydroxylation is 1. The number of nitrogens with zero attached hydrogens (tertiary/aromatic N) is 3. The first-order valence-electron chi connectivity index (χ1n) is 9.68. The Morgan fingerprint density at radius 1 is 0.963 bits per heavy atom. The first-order valence-corrected chi connectivity index (χ1v) is 11.1. The van der Waals surface area contributed by atoms with Crippen LogP contribution in [0.4, 0.5) is 0 Å². The van der Waals surface area contributed by atoms with Crippen molar-refractivity contribution in [2.75, 3.05) is 39.3 Å². The maximum Gasteiger partial charge on any atom is 0.325 e. The molecule has 1 N–H and O–H groups in total. The topological polar surface area (TPSA) is 81.2 Å². The van der Waals surface area contributed by atoms with Crippen molar-refractivity contribution in [3.05, 3.63) is 35.4 Å². The van der Waals surface area contributed by atoms with E-state index in [0.29, 0.717) is 45.7 Å². The van der Waals surface area contributed by atoms with E-state index in [9.17, 15) is 18.3 Å². The molecule has 0 bridgehead atoms. The first-order chi connectivity index (χ1) is 12.9. The summed E-state index contributed by atoms with van der Waals surface area (Å²) in [6.45, 7) is 4.86. The molecule has 0 aromatic heterocycles. The van der Waals surface area contributed by atoms with Gasteiger partial charge in [-0.3, -0.25) is 9.69 Å². The lowest BCUT2D eigenvalue weighted by Gasteiger charge is -2.32. The van der Waals surface area contributed by atoms with E-state index < -0.39 is 22.2 Å². The molecule has 7 nitrogen and oxygen atoms in total. The standard InChI is InChI=1S/C19H29N3O4S/c1-16-7-5-8-17(15-16)18(19(23)24)20-9-6-12-22(14-13-20)27(25,26)21-10-3-2-4-11-21/h5,7-8,15,18H,2-4,6,9-14H2,1H3,(H,23,24). The van der Waals surface area contributed by atoms with E-state index in [1.807, 2.05) is 36.1 Å². The Hall–Kier alpha value is -1.48. The van der Waals surface area contributed by atoms with E-state index in [-0.39, 0.29) is 0 Å². The number of rotatable bonds is 5. The average molecular weight is 396 g/mol. The second-order valence-corrected chi connectivity index (χ2v) is 9.34. The normalized spacial score (nSPS) is 22.3. The van der Waals surface area contributed by atoms with Gasteiger partial charge in [-0.15, -0.1) is 0 Å². The summed E-state index contributed by atoms with van der Waals surface area (Å²) in [7, 11) is -3.46. The van der Waals surface area contributed by atoms with Gasteiger partial charge in [-0.2, -0.15) is 17.0 Å². The molecule has 27 heavy (non-hydrogen) atoms. The summed E-state index contributed by atoms with van der Waals surface area (Å²) >= 11 is 0. The van der Waals surface area contributed by atoms with Crippen LogP contribution >= 0.6 is 0 Å². The number of hydrogen-bond donors (Lipinski definition) is 1. The van der Waals surface area contributed by atoms with Gasteiger partial charge < -0.3 is 5.11 Å². The van der Waals surface area contributed by atoms with Crippen molar-refractivity contribution < 1.29 is 18.3 Å². The maximum absolute atomic E-state index is 12.9. The zero-order chi connectivity index (χ0) is 19.4. The summed E-state index contributed by atoms with van der Waals surface area (Å²) < 4.78 is 29.0. The Morgan fingerprint density at radius 2 is 1.63 bits per heavy atom. The van der Waals surface area contributed by atoms with E-state index in [1.54, 1.807) is 4.31 Å². The molecule has 1 aromatic rings. The summed E-state index contributed by atoms with van der Waals surface area (Å²) in [6.07, 6.45) is 3.53. The van der Waals surface area contributed by atoms with Gasteiger partial charge >= 0.3 is 5.97 Å². The molecular weight excluding hydrogens is 366 g/mol. The molecule has 2 aliphatic heterocycles. The number of benzene rings is 1. The number of piperidine rings is 1. The molecule has 2 saturated heterocycles. The van der Waals surface area contributed by atoms with Crippen LogP contribution in [0, 0.1) is 6.92 Å². The Balaban J connectivity index is 1.74. The molecule has 2 heterocycles. The second kappa shape index (κ2) is 8.68. The van der Waals surface area contributed by atoms with E-state index in [2.05, 4.69) is 0 Å². The van der Waals surface area contributed by atoms with Crippen molar-refractivity contribution in [2.45, 2.75) is 38.6 Å². The third kappa shape index (κ3) is 4.68. The Bertz CT molecular complexity index is 762. The van der Waals surface area contributed by atoms with Gasteiger partial charge in [0.25, 0.3) is 10.2 Å². The molecule has 8 heteroatoms. The fourth-order valence-corrected chi connectivity index (χ4v) is 5.73. The third-order valence-corrected chi connectivity index (χ3v) is 7.45. The molecule has 2 fully saturated rings. The van der Waals surface area contributed by atoms with E-state index in [0.717, 1.165) is 30.4 Å². The van der Waals surface area contributed by atoms with Gasteiger partial charge in [-0.25, -0.2) is 0 Å². The summed E-state index contributed by atoms with van der Waals surface area (Å²) in [6, 6.07) is 6.79. The van der Waals surface area contributed by atoms with Gasteiger partial charge in [0.05, 0.1) is 0 Å². The molecule has 0 aliphatic carbocycles. The molecule has 0 amide bonds. The lowest BCUT2D eigenvalue weighted by atomic mass is 10.0. The fraction of sp³-hybridized carbons (Fsp3) is 0.632. The molecule has 150 valence electrons. The predicted octanol–water partition coefficient (Wildman–Crippen LogP) is 1.86. The van der Waals surface area contributed by atoms with Gasteiger partial charge in [-0.1, -0.05) is 36.2 Å². The van der Waals surface area contributed by atoms with E-state index in [4.69, 9.17) is 0 Å². The maximum atomic E-state index is 12.9. The molecule has 3 rings (SSSR count). The highest BCUT2D eigenvalue weighted by Crippen LogP contribution is 2.25. The van der Waals surface area contributed by atoms with Crippen LogP contribution in [0.2, 0.25) is 0 Å². The van der Waals surface area contributed by atoms with Crippen LogP contribution in [0.15, 0.2) is 24.3 Å². The highest BCUT2D eigenvalue weighted by molar-refractivity contribution is 7.86. The number of carboxylic acid groups (broad SMARTS) is 1. The van der Waals surface area contributed by atoms with Crippen LogP contribution in [0.3, 0.4) is 0 Å². The van der Waals surface area contributed by atoms with Gasteiger partial charge in [0.2, 0.25) is 0 Å². The van der Waals surface area contributed by atoms with Gasteiger partial charge in [0.1, 0.15) is 6.04 Å². The van der Waals surface area contributed by atoms with Crippen LogP contribution in [0.5, 0.6) is 0 Å². The first kappa shape index (κ1) is 20.3. The molecule has 1 aromatic carbocycles. The number of carboxylic acids is 1. The minimum absolute atomic E-state index is 0.328. The van der Waals surface area contributed by atoms with Gasteiger partial charge in [0.15, 0.2) is 0 Å². The summed E-state index contributed by atoms with van der Waals surface area (Å²) in [4.78, 5) is 13.9. The quantitative estimate of drug-likeness (QED) is 0.823. The van der Waals surface area contributed by atoms with Gasteiger partial charge in [-0.05, 0) is 31.7 Å². The molecule has 2 aliphatic rings. The van der Waals surface area contributed by atoms with Gasteiger partial charge in [0, 0.05) is 39.3 Å². The Kier molecular flexibility index (Phi) is 6.52. The van der Waals surface area contributed by atoms with Crippen LogP contribution in [0.25, 0.3) is 0 Å². The Labute approximate surface area is 161 Å². The van der Waals surface area contributed by atoms with Crippen LogP contribution in [-0.4, -0.2) is 72.3 Å². The van der Waals surface area contributed by atoms with Crippen molar-refractivity contribution in [3.8, 4) is 0 Å². The van der Waals surface area contributed by atoms with Crippen molar-refractivity contribution >= 4 is 16.2 Å². The minimum atomic E-state index is -3.46. The smallest absolute Gasteiger partial charge is 0.325 e. The number of carbonyl (C=O) groups is 1.